The van der Waals surface area contributed by atoms with Crippen molar-refractivity contribution in [3.05, 3.63) is 24.3 Å². The SMILES string of the molecule is C=C(C)C(=O)OCC(C)(C)COC(=O)C(=C)C.CC1CO1. The highest BCUT2D eigenvalue weighted by Gasteiger charge is 2.23. The van der Waals surface area contributed by atoms with Crippen LogP contribution in [0.3, 0.4) is 0 Å². The molecule has 1 unspecified atom stereocenters. The molecule has 1 aliphatic heterocycles. The molecular weight excluding hydrogens is 272 g/mol. The zero-order chi connectivity index (χ0) is 16.6. The number of ether oxygens (including phenoxy) is 3. The number of hydrogen-bond donors (Lipinski definition) is 0. The molecule has 0 radical (unpaired) electrons. The summed E-state index contributed by atoms with van der Waals surface area (Å²) in [5, 5.41) is 0. The Morgan fingerprint density at radius 2 is 1.38 bits per heavy atom. The Morgan fingerprint density at radius 1 is 1.10 bits per heavy atom. The Morgan fingerprint density at radius 3 is 1.57 bits per heavy atom. The second-order valence-corrected chi connectivity index (χ2v) is 6.02. The number of epoxide rings is 1. The van der Waals surface area contributed by atoms with Crippen LogP contribution in [0.25, 0.3) is 0 Å². The summed E-state index contributed by atoms with van der Waals surface area (Å²) >= 11 is 0. The molecule has 0 aromatic rings. The van der Waals surface area contributed by atoms with Gasteiger partial charge in [-0.3, -0.25) is 0 Å². The van der Waals surface area contributed by atoms with Crippen LogP contribution in [-0.2, 0) is 23.8 Å². The molecule has 5 nitrogen and oxygen atoms in total. The van der Waals surface area contributed by atoms with E-state index in [1.165, 1.54) is 0 Å². The first-order valence-electron chi connectivity index (χ1n) is 6.82. The summed E-state index contributed by atoms with van der Waals surface area (Å²) < 4.78 is 14.7. The summed E-state index contributed by atoms with van der Waals surface area (Å²) in [5.41, 5.74) is 0.260. The average molecular weight is 298 g/mol. The standard InChI is InChI=1S/C13H20O4.C3H6O/c1-9(2)11(14)16-7-13(5,6)8-17-12(15)10(3)4;1-3-2-4-3/h1,3,7-8H2,2,4-6H3;3H,2H2,1H3. The maximum absolute atomic E-state index is 11.2. The summed E-state index contributed by atoms with van der Waals surface area (Å²) in [6.07, 6.45) is 0.583. The summed E-state index contributed by atoms with van der Waals surface area (Å²) in [6, 6.07) is 0. The molecule has 21 heavy (non-hydrogen) atoms. The summed E-state index contributed by atoms with van der Waals surface area (Å²) in [6.45, 7) is 17.2. The van der Waals surface area contributed by atoms with Crippen LogP contribution in [0.15, 0.2) is 24.3 Å². The van der Waals surface area contributed by atoms with Gasteiger partial charge < -0.3 is 14.2 Å². The molecule has 0 spiro atoms. The van der Waals surface area contributed by atoms with Crippen molar-refractivity contribution in [2.45, 2.75) is 40.7 Å². The smallest absolute Gasteiger partial charge is 0.333 e. The maximum atomic E-state index is 11.2. The number of esters is 2. The van der Waals surface area contributed by atoms with E-state index in [0.29, 0.717) is 17.3 Å². The van der Waals surface area contributed by atoms with Crippen LogP contribution in [0.4, 0.5) is 0 Å². The molecule has 1 heterocycles. The van der Waals surface area contributed by atoms with E-state index in [-0.39, 0.29) is 13.2 Å². The van der Waals surface area contributed by atoms with Crippen molar-refractivity contribution in [1.82, 2.24) is 0 Å². The Bertz CT molecular complexity index is 373. The minimum Gasteiger partial charge on any atom is -0.462 e. The first-order valence-corrected chi connectivity index (χ1v) is 6.82. The van der Waals surface area contributed by atoms with Gasteiger partial charge in [0.1, 0.15) is 0 Å². The molecule has 1 rings (SSSR count). The summed E-state index contributed by atoms with van der Waals surface area (Å²) in [4.78, 5) is 22.4. The van der Waals surface area contributed by atoms with E-state index in [1.54, 1.807) is 13.8 Å². The van der Waals surface area contributed by atoms with Crippen LogP contribution in [0, 0.1) is 5.41 Å². The van der Waals surface area contributed by atoms with Crippen LogP contribution in [0.1, 0.15) is 34.6 Å². The van der Waals surface area contributed by atoms with Gasteiger partial charge in [0, 0.05) is 16.6 Å². The monoisotopic (exact) mass is 298 g/mol. The third kappa shape index (κ3) is 10.8. The Balaban J connectivity index is 0.000000847. The van der Waals surface area contributed by atoms with Gasteiger partial charge in [-0.05, 0) is 20.8 Å². The van der Waals surface area contributed by atoms with Gasteiger partial charge in [0.15, 0.2) is 0 Å². The van der Waals surface area contributed by atoms with Crippen LogP contribution in [-0.4, -0.2) is 37.9 Å². The van der Waals surface area contributed by atoms with E-state index in [4.69, 9.17) is 14.2 Å². The largest absolute Gasteiger partial charge is 0.462 e. The van der Waals surface area contributed by atoms with Gasteiger partial charge >= 0.3 is 11.9 Å². The summed E-state index contributed by atoms with van der Waals surface area (Å²) in [5.74, 6) is -0.881. The molecule has 120 valence electrons. The van der Waals surface area contributed by atoms with E-state index in [9.17, 15) is 9.59 Å². The van der Waals surface area contributed by atoms with Crippen molar-refractivity contribution < 1.29 is 23.8 Å². The Hall–Kier alpha value is -1.62. The van der Waals surface area contributed by atoms with Gasteiger partial charge in [0.05, 0.1) is 25.9 Å². The fourth-order valence-electron chi connectivity index (χ4n) is 0.906. The molecule has 0 N–H and O–H groups in total. The lowest BCUT2D eigenvalue weighted by Crippen LogP contribution is -2.28. The molecule has 1 saturated heterocycles. The number of carbonyl (C=O) groups is 2. The third-order valence-corrected chi connectivity index (χ3v) is 2.38. The molecule has 0 aliphatic carbocycles. The molecular formula is C16H26O5. The normalized spacial score (nSPS) is 16.1. The predicted octanol–water partition coefficient (Wildman–Crippen LogP) is 2.66. The van der Waals surface area contributed by atoms with Crippen LogP contribution < -0.4 is 0 Å². The molecule has 0 aromatic carbocycles. The van der Waals surface area contributed by atoms with Crippen molar-refractivity contribution >= 4 is 11.9 Å². The second kappa shape index (κ2) is 8.62. The van der Waals surface area contributed by atoms with Crippen LogP contribution in [0.5, 0.6) is 0 Å². The molecule has 5 heteroatoms. The minimum atomic E-state index is -0.440. The van der Waals surface area contributed by atoms with Crippen molar-refractivity contribution in [2.24, 2.45) is 5.41 Å². The number of rotatable bonds is 6. The van der Waals surface area contributed by atoms with E-state index < -0.39 is 17.4 Å². The first kappa shape index (κ1) is 19.4. The zero-order valence-corrected chi connectivity index (χ0v) is 13.7. The molecule has 0 amide bonds. The minimum absolute atomic E-state index is 0.169. The third-order valence-electron chi connectivity index (χ3n) is 2.38. The quantitative estimate of drug-likeness (QED) is 0.428. The highest BCUT2D eigenvalue weighted by atomic mass is 16.6. The van der Waals surface area contributed by atoms with Crippen molar-refractivity contribution in [2.75, 3.05) is 19.8 Å². The van der Waals surface area contributed by atoms with Crippen molar-refractivity contribution in [1.29, 1.82) is 0 Å². The van der Waals surface area contributed by atoms with Crippen molar-refractivity contribution in [3.63, 3.8) is 0 Å². The Kier molecular flexibility index (Phi) is 7.95. The highest BCUT2D eigenvalue weighted by Crippen LogP contribution is 2.17. The van der Waals surface area contributed by atoms with Gasteiger partial charge in [-0.2, -0.15) is 0 Å². The zero-order valence-electron chi connectivity index (χ0n) is 13.7. The fourth-order valence-corrected chi connectivity index (χ4v) is 0.906. The fraction of sp³-hybridized carbons (Fsp3) is 0.625. The van der Waals surface area contributed by atoms with Gasteiger partial charge in [0.25, 0.3) is 0 Å². The van der Waals surface area contributed by atoms with Crippen LogP contribution >= 0.6 is 0 Å². The average Bonchev–Trinajstić information content (AvgIpc) is 3.16. The number of carbonyl (C=O) groups excluding carboxylic acids is 2. The molecule has 1 atom stereocenters. The molecule has 1 aliphatic rings. The van der Waals surface area contributed by atoms with Gasteiger partial charge in [0.2, 0.25) is 0 Å². The van der Waals surface area contributed by atoms with E-state index in [2.05, 4.69) is 20.1 Å². The topological polar surface area (TPSA) is 65.1 Å². The molecule has 0 bridgehead atoms. The maximum Gasteiger partial charge on any atom is 0.333 e. The lowest BCUT2D eigenvalue weighted by atomic mass is 9.96. The predicted molar refractivity (Wildman–Crippen MR) is 80.7 cm³/mol. The van der Waals surface area contributed by atoms with E-state index in [1.807, 2.05) is 13.8 Å². The second-order valence-electron chi connectivity index (χ2n) is 6.02. The van der Waals surface area contributed by atoms with E-state index >= 15 is 0 Å². The van der Waals surface area contributed by atoms with Gasteiger partial charge in [-0.25, -0.2) is 9.59 Å². The Labute approximate surface area is 126 Å². The molecule has 0 aromatic heterocycles. The van der Waals surface area contributed by atoms with E-state index in [0.717, 1.165) is 6.61 Å². The van der Waals surface area contributed by atoms with Gasteiger partial charge in [-0.1, -0.05) is 27.0 Å². The lowest BCUT2D eigenvalue weighted by molar-refractivity contribution is -0.147. The molecule has 1 fully saturated rings. The highest BCUT2D eigenvalue weighted by molar-refractivity contribution is 5.87. The first-order chi connectivity index (χ1) is 9.55. The number of hydrogen-bond acceptors (Lipinski definition) is 5. The van der Waals surface area contributed by atoms with Crippen LogP contribution in [0.2, 0.25) is 0 Å². The van der Waals surface area contributed by atoms with Crippen molar-refractivity contribution in [3.8, 4) is 0 Å². The summed E-state index contributed by atoms with van der Waals surface area (Å²) in [7, 11) is 0. The molecule has 0 saturated carbocycles. The lowest BCUT2D eigenvalue weighted by Gasteiger charge is -2.23. The van der Waals surface area contributed by atoms with Gasteiger partial charge in [-0.15, -0.1) is 0 Å².